The summed E-state index contributed by atoms with van der Waals surface area (Å²) in [6, 6.07) is 12.5. The van der Waals surface area contributed by atoms with Gasteiger partial charge in [0.2, 0.25) is 5.69 Å². The molecule has 6 heteroatoms. The molecule has 0 atom stereocenters. The summed E-state index contributed by atoms with van der Waals surface area (Å²) in [6.45, 7) is 15.3. The number of pyridine rings is 1. The Hall–Kier alpha value is -2.29. The molecule has 0 saturated carbocycles. The fourth-order valence-electron chi connectivity index (χ4n) is 4.35. The summed E-state index contributed by atoms with van der Waals surface area (Å²) < 4.78 is 28.9. The van der Waals surface area contributed by atoms with Crippen LogP contribution >= 0.6 is 11.3 Å². The highest BCUT2D eigenvalue weighted by atomic mass is 32.1. The van der Waals surface area contributed by atoms with Gasteiger partial charge in [0, 0.05) is 33.7 Å². The summed E-state index contributed by atoms with van der Waals surface area (Å²) in [5.41, 5.74) is 6.61. The molecule has 2 aromatic carbocycles. The Kier molecular flexibility index (Phi) is 4.64. The molecule has 5 rings (SSSR count). The number of hydrogen-bond donors (Lipinski definition) is 0. The SMILES string of the molecule is [2H]C([2H])(c1cc[n+](C)c(-c2c(C)ccc3c2oc2c3ccc3nc([Si](C)(C)C)sc32)c1)[Si](C)(C)C. The average molecular weight is 492 g/mol. The molecule has 0 fully saturated rings. The second-order valence-electron chi connectivity index (χ2n) is 11.1. The Balaban J connectivity index is 1.82. The van der Waals surface area contributed by atoms with Crippen molar-refractivity contribution in [2.45, 2.75) is 52.2 Å². The quantitative estimate of drug-likeness (QED) is 0.201. The summed E-state index contributed by atoms with van der Waals surface area (Å²) in [5.74, 6) is -1.34. The Morgan fingerprint density at radius 2 is 1.70 bits per heavy atom. The van der Waals surface area contributed by atoms with E-state index in [0.717, 1.165) is 54.5 Å². The lowest BCUT2D eigenvalue weighted by Gasteiger charge is -2.16. The zero-order valence-electron chi connectivity index (χ0n) is 22.8. The topological polar surface area (TPSA) is 29.9 Å². The Labute approximate surface area is 204 Å². The van der Waals surface area contributed by atoms with Gasteiger partial charge in [0.05, 0.1) is 20.4 Å². The van der Waals surface area contributed by atoms with Gasteiger partial charge in [0.25, 0.3) is 0 Å². The minimum Gasteiger partial charge on any atom is -0.454 e. The van der Waals surface area contributed by atoms with E-state index in [1.54, 1.807) is 11.3 Å². The van der Waals surface area contributed by atoms with Crippen molar-refractivity contribution in [2.24, 2.45) is 7.05 Å². The van der Waals surface area contributed by atoms with Crippen LogP contribution in [0.3, 0.4) is 0 Å². The van der Waals surface area contributed by atoms with Gasteiger partial charge in [0.1, 0.15) is 20.7 Å². The summed E-state index contributed by atoms with van der Waals surface area (Å²) in [7, 11) is -1.62. The molecule has 3 nitrogen and oxygen atoms in total. The van der Waals surface area contributed by atoms with Crippen molar-refractivity contribution in [3.63, 3.8) is 0 Å². The Morgan fingerprint density at radius 3 is 2.39 bits per heavy atom. The van der Waals surface area contributed by atoms with E-state index >= 15 is 0 Å². The first-order chi connectivity index (χ1) is 16.2. The fraction of sp³-hybridized carbons (Fsp3) is 0.333. The van der Waals surface area contributed by atoms with Crippen LogP contribution in [-0.4, -0.2) is 21.1 Å². The third kappa shape index (κ3) is 3.98. The number of thiazole rings is 1. The van der Waals surface area contributed by atoms with E-state index < -0.39 is 22.1 Å². The second kappa shape index (κ2) is 7.62. The third-order valence-corrected chi connectivity index (χ3v) is 11.4. The van der Waals surface area contributed by atoms with Gasteiger partial charge >= 0.3 is 0 Å². The molecule has 0 aliphatic carbocycles. The molecule has 0 bridgehead atoms. The van der Waals surface area contributed by atoms with Crippen LogP contribution in [0.25, 0.3) is 43.4 Å². The van der Waals surface area contributed by atoms with Crippen LogP contribution in [0, 0.1) is 6.92 Å². The summed E-state index contributed by atoms with van der Waals surface area (Å²) in [5, 5.41) is 2.19. The van der Waals surface area contributed by atoms with Crippen molar-refractivity contribution < 1.29 is 11.7 Å². The van der Waals surface area contributed by atoms with E-state index in [-0.39, 0.29) is 0 Å². The van der Waals surface area contributed by atoms with Crippen LogP contribution < -0.4 is 9.20 Å². The van der Waals surface area contributed by atoms with Crippen molar-refractivity contribution in [1.29, 1.82) is 0 Å². The van der Waals surface area contributed by atoms with E-state index in [1.165, 1.54) is 4.63 Å². The third-order valence-electron chi connectivity index (χ3n) is 5.94. The van der Waals surface area contributed by atoms with Crippen molar-refractivity contribution >= 4 is 64.3 Å². The molecule has 170 valence electrons. The van der Waals surface area contributed by atoms with Gasteiger partial charge in [-0.15, -0.1) is 11.3 Å². The van der Waals surface area contributed by atoms with Crippen LogP contribution in [0.4, 0.5) is 0 Å². The van der Waals surface area contributed by atoms with Gasteiger partial charge in [-0.25, -0.2) is 9.55 Å². The zero-order chi connectivity index (χ0) is 25.5. The number of rotatable bonds is 4. The van der Waals surface area contributed by atoms with Crippen LogP contribution in [0.15, 0.2) is 47.0 Å². The number of hydrogen-bond acceptors (Lipinski definition) is 3. The molecule has 5 aromatic rings. The van der Waals surface area contributed by atoms with Crippen LogP contribution in [0.2, 0.25) is 39.3 Å². The Bertz CT molecular complexity index is 1620. The summed E-state index contributed by atoms with van der Waals surface area (Å²) in [4.78, 5) is 4.96. The van der Waals surface area contributed by atoms with E-state index in [2.05, 4.69) is 75.0 Å². The molecule has 0 radical (unpaired) electrons. The molecule has 3 aromatic heterocycles. The number of aromatic nitrogens is 2. The first-order valence-electron chi connectivity index (χ1n) is 12.5. The molecule has 0 aliphatic heterocycles. The van der Waals surface area contributed by atoms with E-state index in [4.69, 9.17) is 12.1 Å². The van der Waals surface area contributed by atoms with Crippen molar-refractivity contribution in [2.75, 3.05) is 0 Å². The Morgan fingerprint density at radius 1 is 1.00 bits per heavy atom. The average Bonchev–Trinajstić information content (AvgIpc) is 3.34. The van der Waals surface area contributed by atoms with E-state index in [1.807, 2.05) is 25.4 Å². The fourth-order valence-corrected chi connectivity index (χ4v) is 8.16. The van der Waals surface area contributed by atoms with Gasteiger partial charge in [-0.3, -0.25) is 0 Å². The van der Waals surface area contributed by atoms with E-state index in [0.29, 0.717) is 0 Å². The first-order valence-corrected chi connectivity index (χ1v) is 19.3. The lowest BCUT2D eigenvalue weighted by atomic mass is 10.00. The van der Waals surface area contributed by atoms with Gasteiger partial charge in [-0.1, -0.05) is 51.4 Å². The molecule has 0 spiro atoms. The monoisotopic (exact) mass is 491 g/mol. The van der Waals surface area contributed by atoms with Crippen molar-refractivity contribution in [3.05, 3.63) is 53.7 Å². The van der Waals surface area contributed by atoms with Gasteiger partial charge in [0.15, 0.2) is 11.8 Å². The number of benzene rings is 2. The van der Waals surface area contributed by atoms with Crippen LogP contribution in [0.5, 0.6) is 0 Å². The largest absolute Gasteiger partial charge is 0.454 e. The van der Waals surface area contributed by atoms with Gasteiger partial charge < -0.3 is 4.42 Å². The number of aryl methyl sites for hydroxylation is 2. The lowest BCUT2D eigenvalue weighted by Crippen LogP contribution is -2.36. The van der Waals surface area contributed by atoms with Crippen molar-refractivity contribution in [1.82, 2.24) is 4.98 Å². The summed E-state index contributed by atoms with van der Waals surface area (Å²) >= 11 is 1.77. The van der Waals surface area contributed by atoms with E-state index in [9.17, 15) is 0 Å². The maximum Gasteiger partial charge on any atom is 0.216 e. The number of fused-ring (bicyclic) bond motifs is 5. The molecule has 0 unspecified atom stereocenters. The normalized spacial score (nSPS) is 14.3. The van der Waals surface area contributed by atoms with Crippen LogP contribution in [0.1, 0.15) is 13.9 Å². The highest BCUT2D eigenvalue weighted by Crippen LogP contribution is 2.40. The maximum absolute atomic E-state index is 8.89. The second-order valence-corrected chi connectivity index (χ2v) is 22.2. The molecule has 0 N–H and O–H groups in total. The predicted molar refractivity (Wildman–Crippen MR) is 148 cm³/mol. The molecule has 0 saturated heterocycles. The molecule has 3 heterocycles. The molecule has 33 heavy (non-hydrogen) atoms. The highest BCUT2D eigenvalue weighted by Gasteiger charge is 2.26. The summed E-state index contributed by atoms with van der Waals surface area (Å²) in [6.07, 6.45) is 1.98. The predicted octanol–water partition coefficient (Wildman–Crippen LogP) is 6.96. The molecular weight excluding hydrogens is 457 g/mol. The number of furan rings is 1. The number of nitrogens with zero attached hydrogens (tertiary/aromatic N) is 2. The van der Waals surface area contributed by atoms with Crippen molar-refractivity contribution in [3.8, 4) is 11.3 Å². The standard InChI is InChI=1S/C27H33N2OSSi2/c1-17-9-10-19-20-11-12-21-26(31-27(28-21)33(6,7)8)25(20)30-24(19)23(17)22-15-18(13-14-29(22)2)16-32(3,4)5/h9-15H,16H2,1-8H3/q+1/i16D2. The van der Waals surface area contributed by atoms with Gasteiger partial charge in [-0.05, 0) is 36.2 Å². The first kappa shape index (κ1) is 20.1. The molecule has 0 aliphatic rings. The smallest absolute Gasteiger partial charge is 0.216 e. The minimum atomic E-state index is -2.11. The molecular formula is C27H33N2OSSi2+. The lowest BCUT2D eigenvalue weighted by molar-refractivity contribution is -0.660. The molecule has 0 amide bonds. The maximum atomic E-state index is 8.89. The van der Waals surface area contributed by atoms with Crippen LogP contribution in [-0.2, 0) is 13.0 Å². The zero-order valence-corrected chi connectivity index (χ0v) is 23.6. The highest BCUT2D eigenvalue weighted by molar-refractivity contribution is 7.31. The minimum absolute atomic E-state index is 0.738. The van der Waals surface area contributed by atoms with Gasteiger partial charge in [-0.2, -0.15) is 0 Å².